The lowest BCUT2D eigenvalue weighted by molar-refractivity contribution is 0.334. The molecule has 0 radical (unpaired) electrons. The fraction of sp³-hybridized carbons (Fsp3) is 0.538. The summed E-state index contributed by atoms with van der Waals surface area (Å²) in [5.41, 5.74) is 4.01. The summed E-state index contributed by atoms with van der Waals surface area (Å²) in [5, 5.41) is 0. The highest BCUT2D eigenvalue weighted by Gasteiger charge is 2.06. The Balaban J connectivity index is 3.13. The van der Waals surface area contributed by atoms with Crippen molar-refractivity contribution in [1.29, 1.82) is 0 Å². The maximum atomic E-state index is 5.66. The molecule has 0 amide bonds. The molecule has 1 aromatic rings. The molecule has 0 unspecified atom stereocenters. The number of aryl methyl sites for hydroxylation is 3. The normalized spacial score (nSPS) is 10.3. The van der Waals surface area contributed by atoms with Gasteiger partial charge in [-0.05, 0) is 43.4 Å². The number of rotatable bonds is 4. The van der Waals surface area contributed by atoms with Crippen molar-refractivity contribution in [2.45, 2.75) is 40.5 Å². The van der Waals surface area contributed by atoms with E-state index in [1.807, 2.05) is 6.92 Å². The Bertz CT molecular complexity index is 302. The molecule has 0 aliphatic rings. The van der Waals surface area contributed by atoms with Crippen molar-refractivity contribution in [3.63, 3.8) is 0 Å². The molecule has 0 heterocycles. The van der Waals surface area contributed by atoms with Gasteiger partial charge in [0.15, 0.2) is 0 Å². The lowest BCUT2D eigenvalue weighted by Gasteiger charge is -2.13. The minimum atomic E-state index is 0.749. The highest BCUT2D eigenvalue weighted by Crippen LogP contribution is 2.26. The molecule has 1 rings (SSSR count). The predicted octanol–water partition coefficient (Wildman–Crippen LogP) is 3.52. The third-order valence-corrected chi connectivity index (χ3v) is 2.49. The first-order chi connectivity index (χ1) is 6.72. The zero-order chi connectivity index (χ0) is 10.6. The van der Waals surface area contributed by atoms with Crippen molar-refractivity contribution in [2.24, 2.45) is 0 Å². The Labute approximate surface area is 87.1 Å². The van der Waals surface area contributed by atoms with Crippen LogP contribution in [0.3, 0.4) is 0 Å². The first-order valence-electron chi connectivity index (χ1n) is 5.48. The molecule has 0 fully saturated rings. The molecule has 0 saturated heterocycles. The number of ether oxygens (including phenoxy) is 1. The molecular formula is C13H20O. The lowest BCUT2D eigenvalue weighted by atomic mass is 10.0. The zero-order valence-electron chi connectivity index (χ0n) is 9.68. The Hall–Kier alpha value is -0.980. The van der Waals surface area contributed by atoms with Gasteiger partial charge in [0.1, 0.15) is 5.75 Å². The van der Waals surface area contributed by atoms with Gasteiger partial charge in [0, 0.05) is 0 Å². The molecule has 0 aliphatic carbocycles. The molecule has 1 nitrogen and oxygen atoms in total. The van der Waals surface area contributed by atoms with E-state index in [4.69, 9.17) is 4.74 Å². The first-order valence-corrected chi connectivity index (χ1v) is 5.48. The summed E-state index contributed by atoms with van der Waals surface area (Å²) in [7, 11) is 0. The van der Waals surface area contributed by atoms with Crippen molar-refractivity contribution in [2.75, 3.05) is 6.61 Å². The third-order valence-electron chi connectivity index (χ3n) is 2.49. The average molecular weight is 192 g/mol. The number of hydrogen-bond donors (Lipinski definition) is 0. The smallest absolute Gasteiger partial charge is 0.125 e. The monoisotopic (exact) mass is 192 g/mol. The van der Waals surface area contributed by atoms with Crippen LogP contribution in [0.4, 0.5) is 0 Å². The van der Waals surface area contributed by atoms with Crippen LogP contribution in [0.2, 0.25) is 0 Å². The van der Waals surface area contributed by atoms with Gasteiger partial charge in [-0.2, -0.15) is 0 Å². The Morgan fingerprint density at radius 2 is 1.79 bits per heavy atom. The van der Waals surface area contributed by atoms with Crippen molar-refractivity contribution in [1.82, 2.24) is 0 Å². The summed E-state index contributed by atoms with van der Waals surface area (Å²) < 4.78 is 5.66. The second-order valence-corrected chi connectivity index (χ2v) is 3.54. The van der Waals surface area contributed by atoms with Crippen LogP contribution in [0.5, 0.6) is 5.75 Å². The molecule has 0 saturated carbocycles. The summed E-state index contributed by atoms with van der Waals surface area (Å²) in [6, 6.07) is 4.49. The van der Waals surface area contributed by atoms with E-state index >= 15 is 0 Å². The molecule has 14 heavy (non-hydrogen) atoms. The van der Waals surface area contributed by atoms with Crippen LogP contribution in [0.1, 0.15) is 37.5 Å². The fourth-order valence-electron chi connectivity index (χ4n) is 1.75. The predicted molar refractivity (Wildman–Crippen MR) is 61.1 cm³/mol. The summed E-state index contributed by atoms with van der Waals surface area (Å²) >= 11 is 0. The summed E-state index contributed by atoms with van der Waals surface area (Å²) in [6.45, 7) is 9.28. The third kappa shape index (κ3) is 2.28. The van der Waals surface area contributed by atoms with Gasteiger partial charge in [-0.1, -0.05) is 26.0 Å². The van der Waals surface area contributed by atoms with Gasteiger partial charge >= 0.3 is 0 Å². The van der Waals surface area contributed by atoms with Crippen LogP contribution in [-0.2, 0) is 12.8 Å². The molecule has 0 atom stereocenters. The van der Waals surface area contributed by atoms with E-state index in [0.29, 0.717) is 0 Å². The van der Waals surface area contributed by atoms with Crippen molar-refractivity contribution in [3.8, 4) is 5.75 Å². The number of benzene rings is 1. The average Bonchev–Trinajstić information content (AvgIpc) is 2.20. The van der Waals surface area contributed by atoms with Crippen molar-refractivity contribution in [3.05, 3.63) is 28.8 Å². The summed E-state index contributed by atoms with van der Waals surface area (Å²) in [5.74, 6) is 1.09. The van der Waals surface area contributed by atoms with Gasteiger partial charge in [0.2, 0.25) is 0 Å². The largest absolute Gasteiger partial charge is 0.493 e. The summed E-state index contributed by atoms with van der Waals surface area (Å²) in [6.07, 6.45) is 2.14. The van der Waals surface area contributed by atoms with Gasteiger partial charge in [0.25, 0.3) is 0 Å². The fourth-order valence-corrected chi connectivity index (χ4v) is 1.75. The van der Waals surface area contributed by atoms with Crippen LogP contribution in [0.15, 0.2) is 12.1 Å². The molecule has 0 bridgehead atoms. The van der Waals surface area contributed by atoms with Gasteiger partial charge in [-0.15, -0.1) is 0 Å². The molecular weight excluding hydrogens is 172 g/mol. The molecule has 1 heteroatoms. The quantitative estimate of drug-likeness (QED) is 0.709. The van der Waals surface area contributed by atoms with E-state index in [-0.39, 0.29) is 0 Å². The second-order valence-electron chi connectivity index (χ2n) is 3.54. The molecule has 0 spiro atoms. The van der Waals surface area contributed by atoms with Crippen LogP contribution in [-0.4, -0.2) is 6.61 Å². The van der Waals surface area contributed by atoms with Crippen LogP contribution in [0.25, 0.3) is 0 Å². The SMILES string of the molecule is CCOc1c(C)cc(CC)cc1CC. The topological polar surface area (TPSA) is 9.23 Å². The highest BCUT2D eigenvalue weighted by atomic mass is 16.5. The molecule has 0 aliphatic heterocycles. The lowest BCUT2D eigenvalue weighted by Crippen LogP contribution is -2.00. The molecule has 0 aromatic heterocycles. The van der Waals surface area contributed by atoms with Crippen molar-refractivity contribution >= 4 is 0 Å². The van der Waals surface area contributed by atoms with Crippen LogP contribution >= 0.6 is 0 Å². The molecule has 0 N–H and O–H groups in total. The zero-order valence-corrected chi connectivity index (χ0v) is 9.68. The van der Waals surface area contributed by atoms with E-state index in [1.54, 1.807) is 0 Å². The maximum absolute atomic E-state index is 5.66. The molecule has 78 valence electrons. The van der Waals surface area contributed by atoms with Gasteiger partial charge in [-0.25, -0.2) is 0 Å². The van der Waals surface area contributed by atoms with Gasteiger partial charge < -0.3 is 4.74 Å². The minimum Gasteiger partial charge on any atom is -0.493 e. The van der Waals surface area contributed by atoms with Crippen molar-refractivity contribution < 1.29 is 4.74 Å². The maximum Gasteiger partial charge on any atom is 0.125 e. The Morgan fingerprint density at radius 1 is 1.07 bits per heavy atom. The number of hydrogen-bond acceptors (Lipinski definition) is 1. The second kappa shape index (κ2) is 5.04. The van der Waals surface area contributed by atoms with Crippen LogP contribution in [0, 0.1) is 6.92 Å². The summed E-state index contributed by atoms with van der Waals surface area (Å²) in [4.78, 5) is 0. The van der Waals surface area contributed by atoms with Gasteiger partial charge in [-0.3, -0.25) is 0 Å². The standard InChI is InChI=1S/C13H20O/c1-5-11-8-10(4)13(14-7-3)12(6-2)9-11/h8-9H,5-7H2,1-4H3. The minimum absolute atomic E-state index is 0.749. The van der Waals surface area contributed by atoms with E-state index in [0.717, 1.165) is 25.2 Å². The first kappa shape index (κ1) is 11.1. The van der Waals surface area contributed by atoms with Crippen LogP contribution < -0.4 is 4.74 Å². The van der Waals surface area contributed by atoms with E-state index in [9.17, 15) is 0 Å². The van der Waals surface area contributed by atoms with E-state index in [1.165, 1.54) is 16.7 Å². The van der Waals surface area contributed by atoms with Gasteiger partial charge in [0.05, 0.1) is 6.61 Å². The van der Waals surface area contributed by atoms with E-state index < -0.39 is 0 Å². The Morgan fingerprint density at radius 3 is 2.29 bits per heavy atom. The molecule has 1 aromatic carbocycles. The highest BCUT2D eigenvalue weighted by molar-refractivity contribution is 5.44. The Kier molecular flexibility index (Phi) is 3.99. The van der Waals surface area contributed by atoms with E-state index in [2.05, 4.69) is 32.9 Å².